The molecule has 0 saturated carbocycles. The molecule has 11 heteroatoms. The minimum atomic E-state index is -0.0389. The summed E-state index contributed by atoms with van der Waals surface area (Å²) in [6.45, 7) is 2.69. The summed E-state index contributed by atoms with van der Waals surface area (Å²) < 4.78 is 13.0. The van der Waals surface area contributed by atoms with Crippen LogP contribution in [-0.2, 0) is 7.05 Å². The Hall–Kier alpha value is -4.02. The van der Waals surface area contributed by atoms with Gasteiger partial charge in [-0.1, -0.05) is 5.16 Å². The van der Waals surface area contributed by atoms with Gasteiger partial charge in [-0.15, -0.1) is 0 Å². The van der Waals surface area contributed by atoms with E-state index in [2.05, 4.69) is 35.3 Å². The maximum atomic E-state index is 5.72. The monoisotopic (exact) mass is 433 g/mol. The first-order valence-electron chi connectivity index (χ1n) is 10.3. The van der Waals surface area contributed by atoms with Gasteiger partial charge in [0, 0.05) is 44.3 Å². The molecular formula is C21H23N9O2. The number of anilines is 3. The van der Waals surface area contributed by atoms with E-state index in [0.717, 1.165) is 30.8 Å². The van der Waals surface area contributed by atoms with Crippen molar-refractivity contribution in [3.63, 3.8) is 0 Å². The minimum absolute atomic E-state index is 0.0389. The number of nitrogens with one attached hydrogen (secondary N) is 1. The molecule has 5 rings (SSSR count). The number of hydrogen-bond acceptors (Lipinski definition) is 10. The zero-order chi connectivity index (χ0) is 22.1. The maximum absolute atomic E-state index is 5.72. The van der Waals surface area contributed by atoms with Gasteiger partial charge in [-0.05, 0) is 19.8 Å². The van der Waals surface area contributed by atoms with Crippen molar-refractivity contribution in [1.29, 1.82) is 0 Å². The fourth-order valence-corrected chi connectivity index (χ4v) is 3.84. The van der Waals surface area contributed by atoms with Gasteiger partial charge in [-0.2, -0.15) is 9.97 Å². The highest BCUT2D eigenvalue weighted by Gasteiger charge is 2.32. The van der Waals surface area contributed by atoms with Crippen molar-refractivity contribution in [2.75, 3.05) is 23.9 Å². The Kier molecular flexibility index (Phi) is 5.13. The summed E-state index contributed by atoms with van der Waals surface area (Å²) in [6, 6.07) is 3.63. The fourth-order valence-electron chi connectivity index (χ4n) is 3.84. The second kappa shape index (κ2) is 8.25. The number of ether oxygens (including phenoxy) is 1. The molecule has 164 valence electrons. The molecule has 1 saturated heterocycles. The van der Waals surface area contributed by atoms with Crippen LogP contribution in [0, 0.1) is 6.92 Å². The summed E-state index contributed by atoms with van der Waals surface area (Å²) in [5.74, 6) is 3.06. The molecule has 1 fully saturated rings. The largest absolute Gasteiger partial charge is 0.481 e. The quantitative estimate of drug-likeness (QED) is 0.486. The molecule has 1 aliphatic heterocycles. The smallest absolute Gasteiger partial charge is 0.231 e. The normalized spacial score (nSPS) is 15.8. The molecule has 0 aromatic carbocycles. The molecule has 0 amide bonds. The minimum Gasteiger partial charge on any atom is -0.481 e. The molecule has 0 spiro atoms. The summed E-state index contributed by atoms with van der Waals surface area (Å²) in [5, 5.41) is 7.45. The lowest BCUT2D eigenvalue weighted by atomic mass is 10.1. The number of aromatic nitrogens is 7. The Balaban J connectivity index is 1.44. The zero-order valence-corrected chi connectivity index (χ0v) is 18.1. The van der Waals surface area contributed by atoms with E-state index in [1.165, 1.54) is 0 Å². The average molecular weight is 433 g/mol. The van der Waals surface area contributed by atoms with E-state index in [1.807, 2.05) is 30.8 Å². The number of methoxy groups -OCH3 is 1. The third kappa shape index (κ3) is 3.84. The van der Waals surface area contributed by atoms with E-state index in [4.69, 9.17) is 14.2 Å². The molecule has 11 nitrogen and oxygen atoms in total. The third-order valence-corrected chi connectivity index (χ3v) is 5.35. The van der Waals surface area contributed by atoms with Gasteiger partial charge in [0.05, 0.1) is 25.2 Å². The van der Waals surface area contributed by atoms with Crippen molar-refractivity contribution in [2.24, 2.45) is 7.05 Å². The first kappa shape index (κ1) is 19.9. The van der Waals surface area contributed by atoms with Gasteiger partial charge >= 0.3 is 0 Å². The van der Waals surface area contributed by atoms with Crippen molar-refractivity contribution >= 4 is 17.6 Å². The van der Waals surface area contributed by atoms with Crippen molar-refractivity contribution in [3.8, 4) is 17.3 Å². The Morgan fingerprint density at radius 3 is 2.78 bits per heavy atom. The highest BCUT2D eigenvalue weighted by molar-refractivity contribution is 5.58. The number of imidazole rings is 1. The lowest BCUT2D eigenvalue weighted by molar-refractivity contribution is 0.361. The second-order valence-corrected chi connectivity index (χ2v) is 7.60. The molecule has 0 radical (unpaired) electrons. The van der Waals surface area contributed by atoms with Gasteiger partial charge in [0.15, 0.2) is 5.76 Å². The van der Waals surface area contributed by atoms with Crippen LogP contribution in [0.5, 0.6) is 5.88 Å². The van der Waals surface area contributed by atoms with Crippen LogP contribution in [0.25, 0.3) is 11.4 Å². The van der Waals surface area contributed by atoms with Crippen molar-refractivity contribution in [1.82, 2.24) is 34.6 Å². The molecule has 0 unspecified atom stereocenters. The number of aryl methyl sites for hydroxylation is 2. The second-order valence-electron chi connectivity index (χ2n) is 7.60. The Labute approximate surface area is 184 Å². The van der Waals surface area contributed by atoms with Crippen LogP contribution in [0.2, 0.25) is 0 Å². The van der Waals surface area contributed by atoms with Crippen LogP contribution >= 0.6 is 0 Å². The molecule has 0 bridgehead atoms. The van der Waals surface area contributed by atoms with Crippen LogP contribution in [-0.4, -0.2) is 48.3 Å². The van der Waals surface area contributed by atoms with Crippen LogP contribution < -0.4 is 15.0 Å². The third-order valence-electron chi connectivity index (χ3n) is 5.35. The molecule has 1 N–H and O–H groups in total. The summed E-state index contributed by atoms with van der Waals surface area (Å²) in [4.78, 5) is 24.4. The van der Waals surface area contributed by atoms with E-state index in [9.17, 15) is 0 Å². The van der Waals surface area contributed by atoms with Gasteiger partial charge in [-0.3, -0.25) is 9.97 Å². The molecular weight excluding hydrogens is 410 g/mol. The molecule has 1 atom stereocenters. The summed E-state index contributed by atoms with van der Waals surface area (Å²) in [6.07, 6.45) is 8.79. The highest BCUT2D eigenvalue weighted by Crippen LogP contribution is 2.37. The van der Waals surface area contributed by atoms with Crippen molar-refractivity contribution < 1.29 is 9.26 Å². The molecule has 4 aromatic rings. The van der Waals surface area contributed by atoms with Gasteiger partial charge in [0.2, 0.25) is 11.8 Å². The van der Waals surface area contributed by atoms with Gasteiger partial charge in [0.1, 0.15) is 23.0 Å². The van der Waals surface area contributed by atoms with Crippen LogP contribution in [0.15, 0.2) is 41.6 Å². The molecule has 4 aromatic heterocycles. The van der Waals surface area contributed by atoms with Crippen LogP contribution in [0.3, 0.4) is 0 Å². The van der Waals surface area contributed by atoms with Gasteiger partial charge in [0.25, 0.3) is 0 Å². The van der Waals surface area contributed by atoms with Gasteiger partial charge in [-0.25, -0.2) is 4.98 Å². The number of nitrogens with zero attached hydrogens (tertiary/aromatic N) is 8. The van der Waals surface area contributed by atoms with Gasteiger partial charge < -0.3 is 24.0 Å². The number of hydrogen-bond donors (Lipinski definition) is 1. The molecule has 5 heterocycles. The predicted octanol–water partition coefficient (Wildman–Crippen LogP) is 3.06. The molecule has 1 aliphatic rings. The zero-order valence-electron chi connectivity index (χ0n) is 18.1. The first-order chi connectivity index (χ1) is 15.6. The summed E-state index contributed by atoms with van der Waals surface area (Å²) >= 11 is 0. The SMILES string of the molecule is COc1cc(Nc2cn(C)cn2)nc(N2CCC[C@H]2c2cc(-c3nccnc3C)no2)n1. The Morgan fingerprint density at radius 1 is 1.12 bits per heavy atom. The Bertz CT molecular complexity index is 1240. The Morgan fingerprint density at radius 2 is 2.00 bits per heavy atom. The lowest BCUT2D eigenvalue weighted by Crippen LogP contribution is -2.24. The topological polar surface area (TPSA) is 120 Å². The average Bonchev–Trinajstić information content (AvgIpc) is 3.54. The molecule has 32 heavy (non-hydrogen) atoms. The highest BCUT2D eigenvalue weighted by atomic mass is 16.5. The van der Waals surface area contributed by atoms with E-state index in [1.54, 1.807) is 31.9 Å². The van der Waals surface area contributed by atoms with Crippen molar-refractivity contribution in [2.45, 2.75) is 25.8 Å². The standard InChI is InChI=1S/C21H23N9O2/c1-13-20(23-7-6-22-13)14-9-16(32-28-14)15-5-4-8-30(15)21-26-17(10-19(27-21)31-3)25-18-11-29(2)12-24-18/h6-7,9-12,15H,4-5,8H2,1-3H3,(H,25,26,27)/t15-/m0/s1. The van der Waals surface area contributed by atoms with E-state index < -0.39 is 0 Å². The predicted molar refractivity (Wildman–Crippen MR) is 117 cm³/mol. The van der Waals surface area contributed by atoms with Crippen LogP contribution in [0.4, 0.5) is 17.6 Å². The summed E-state index contributed by atoms with van der Waals surface area (Å²) in [7, 11) is 3.50. The van der Waals surface area contributed by atoms with Crippen LogP contribution in [0.1, 0.15) is 30.3 Å². The summed E-state index contributed by atoms with van der Waals surface area (Å²) in [5.41, 5.74) is 2.19. The maximum Gasteiger partial charge on any atom is 0.231 e. The van der Waals surface area contributed by atoms with Crippen molar-refractivity contribution in [3.05, 3.63) is 48.5 Å². The fraction of sp³-hybridized carbons (Fsp3) is 0.333. The lowest BCUT2D eigenvalue weighted by Gasteiger charge is -2.23. The van der Waals surface area contributed by atoms with E-state index in [-0.39, 0.29) is 6.04 Å². The number of rotatable bonds is 6. The van der Waals surface area contributed by atoms with E-state index in [0.29, 0.717) is 34.9 Å². The first-order valence-corrected chi connectivity index (χ1v) is 10.3. The molecule has 0 aliphatic carbocycles. The van der Waals surface area contributed by atoms with E-state index >= 15 is 0 Å².